The van der Waals surface area contributed by atoms with Crippen LogP contribution in [0.25, 0.3) is 0 Å². The van der Waals surface area contributed by atoms with E-state index in [-0.39, 0.29) is 6.10 Å². The maximum Gasteiger partial charge on any atom is 0.0919 e. The summed E-state index contributed by atoms with van der Waals surface area (Å²) in [4.78, 5) is 2.30. The number of benzene rings is 1. The summed E-state index contributed by atoms with van der Waals surface area (Å²) < 4.78 is 0. The summed E-state index contributed by atoms with van der Waals surface area (Å²) in [5.74, 6) is 0.848. The predicted octanol–water partition coefficient (Wildman–Crippen LogP) is 3.07. The van der Waals surface area contributed by atoms with Crippen LogP contribution in [-0.2, 0) is 0 Å². The van der Waals surface area contributed by atoms with Crippen LogP contribution in [0, 0.1) is 19.8 Å². The molecule has 2 rings (SSSR count). The molecule has 2 nitrogen and oxygen atoms in total. The van der Waals surface area contributed by atoms with Gasteiger partial charge in [0.25, 0.3) is 0 Å². The van der Waals surface area contributed by atoms with Gasteiger partial charge in [0.1, 0.15) is 0 Å². The number of hydrogen-bond donors (Lipinski definition) is 1. The lowest BCUT2D eigenvalue weighted by Crippen LogP contribution is -2.34. The molecule has 1 aliphatic carbocycles. The molecule has 18 heavy (non-hydrogen) atoms. The van der Waals surface area contributed by atoms with Gasteiger partial charge >= 0.3 is 0 Å². The van der Waals surface area contributed by atoms with E-state index in [0.717, 1.165) is 18.0 Å². The van der Waals surface area contributed by atoms with Crippen molar-refractivity contribution in [2.75, 3.05) is 13.6 Å². The summed E-state index contributed by atoms with van der Waals surface area (Å²) in [7, 11) is 2.12. The van der Waals surface area contributed by atoms with Gasteiger partial charge in [0, 0.05) is 12.6 Å². The summed E-state index contributed by atoms with van der Waals surface area (Å²) in [5.41, 5.74) is 3.47. The van der Waals surface area contributed by atoms with Gasteiger partial charge in [-0.2, -0.15) is 0 Å². The van der Waals surface area contributed by atoms with Crippen molar-refractivity contribution in [2.45, 2.75) is 45.8 Å². The van der Waals surface area contributed by atoms with Crippen molar-refractivity contribution < 1.29 is 5.11 Å². The third-order valence-corrected chi connectivity index (χ3v) is 4.25. The zero-order chi connectivity index (χ0) is 13.3. The molecule has 1 fully saturated rings. The molecule has 1 aromatic rings. The highest BCUT2D eigenvalue weighted by atomic mass is 16.3. The maximum atomic E-state index is 10.4. The van der Waals surface area contributed by atoms with Gasteiger partial charge in [0.15, 0.2) is 0 Å². The van der Waals surface area contributed by atoms with Gasteiger partial charge < -0.3 is 10.0 Å². The van der Waals surface area contributed by atoms with Crippen LogP contribution in [-0.4, -0.2) is 29.6 Å². The fourth-order valence-corrected chi connectivity index (χ4v) is 2.59. The molecular formula is C16H25NO. The Morgan fingerprint density at radius 2 is 2.00 bits per heavy atom. The Morgan fingerprint density at radius 1 is 1.33 bits per heavy atom. The van der Waals surface area contributed by atoms with Crippen LogP contribution in [0.5, 0.6) is 0 Å². The van der Waals surface area contributed by atoms with Gasteiger partial charge in [0.2, 0.25) is 0 Å². The minimum Gasteiger partial charge on any atom is -0.387 e. The molecule has 0 amide bonds. The molecule has 2 atom stereocenters. The van der Waals surface area contributed by atoms with E-state index in [2.05, 4.69) is 50.9 Å². The number of likely N-dealkylation sites (N-methyl/N-ethyl adjacent to an activating group) is 1. The number of hydrogen-bond acceptors (Lipinski definition) is 2. The maximum absolute atomic E-state index is 10.4. The van der Waals surface area contributed by atoms with E-state index in [1.807, 2.05) is 0 Å². The normalized spacial score (nSPS) is 19.0. The standard InChI is InChI=1S/C16H25NO/c1-11-5-6-12(2)15(9-11)16(18)10-17(4)13(3)14-7-8-14/h5-6,9,13-14,16,18H,7-8,10H2,1-4H3. The molecular weight excluding hydrogens is 222 g/mol. The molecule has 2 heteroatoms. The summed E-state index contributed by atoms with van der Waals surface area (Å²) in [5, 5.41) is 10.4. The van der Waals surface area contributed by atoms with Crippen molar-refractivity contribution in [1.29, 1.82) is 0 Å². The number of nitrogens with zero attached hydrogens (tertiary/aromatic N) is 1. The zero-order valence-electron chi connectivity index (χ0n) is 12.0. The summed E-state index contributed by atoms with van der Waals surface area (Å²) in [6, 6.07) is 6.89. The fraction of sp³-hybridized carbons (Fsp3) is 0.625. The van der Waals surface area contributed by atoms with Crippen molar-refractivity contribution in [2.24, 2.45) is 5.92 Å². The lowest BCUT2D eigenvalue weighted by Gasteiger charge is -2.27. The average Bonchev–Trinajstić information content (AvgIpc) is 3.15. The van der Waals surface area contributed by atoms with Crippen LogP contribution in [0.15, 0.2) is 18.2 Å². The summed E-state index contributed by atoms with van der Waals surface area (Å²) in [6.45, 7) is 7.14. The molecule has 0 heterocycles. The number of rotatable bonds is 5. The molecule has 1 aliphatic rings. The van der Waals surface area contributed by atoms with Crippen LogP contribution < -0.4 is 0 Å². The fourth-order valence-electron chi connectivity index (χ4n) is 2.59. The molecule has 0 aliphatic heterocycles. The lowest BCUT2D eigenvalue weighted by molar-refractivity contribution is 0.102. The van der Waals surface area contributed by atoms with Gasteiger partial charge in [-0.25, -0.2) is 0 Å². The van der Waals surface area contributed by atoms with E-state index < -0.39 is 0 Å². The Balaban J connectivity index is 2.01. The van der Waals surface area contributed by atoms with Crippen molar-refractivity contribution in [3.05, 3.63) is 34.9 Å². The molecule has 0 saturated heterocycles. The van der Waals surface area contributed by atoms with Gasteiger partial charge in [0.05, 0.1) is 6.10 Å². The molecule has 1 saturated carbocycles. The van der Waals surface area contributed by atoms with Crippen LogP contribution >= 0.6 is 0 Å². The number of aliphatic hydroxyl groups excluding tert-OH is 1. The first-order valence-corrected chi connectivity index (χ1v) is 6.94. The molecule has 0 bridgehead atoms. The zero-order valence-corrected chi connectivity index (χ0v) is 12.0. The van der Waals surface area contributed by atoms with E-state index in [0.29, 0.717) is 6.04 Å². The second kappa shape index (κ2) is 5.41. The lowest BCUT2D eigenvalue weighted by atomic mass is 10.00. The molecule has 100 valence electrons. The van der Waals surface area contributed by atoms with Gasteiger partial charge in [-0.3, -0.25) is 0 Å². The SMILES string of the molecule is Cc1ccc(C)c(C(O)CN(C)C(C)C2CC2)c1. The molecule has 1 aromatic carbocycles. The molecule has 0 radical (unpaired) electrons. The highest BCUT2D eigenvalue weighted by Gasteiger charge is 2.31. The quantitative estimate of drug-likeness (QED) is 0.864. The molecule has 0 aromatic heterocycles. The molecule has 1 N–H and O–H groups in total. The summed E-state index contributed by atoms with van der Waals surface area (Å²) >= 11 is 0. The first-order valence-electron chi connectivity index (χ1n) is 6.94. The Kier molecular flexibility index (Phi) is 4.08. The third-order valence-electron chi connectivity index (χ3n) is 4.25. The predicted molar refractivity (Wildman–Crippen MR) is 75.7 cm³/mol. The minimum atomic E-state index is -0.379. The van der Waals surface area contributed by atoms with Crippen LogP contribution in [0.3, 0.4) is 0 Å². The average molecular weight is 247 g/mol. The largest absolute Gasteiger partial charge is 0.387 e. The highest BCUT2D eigenvalue weighted by Crippen LogP contribution is 2.35. The smallest absolute Gasteiger partial charge is 0.0919 e. The second-order valence-electron chi connectivity index (χ2n) is 5.89. The van der Waals surface area contributed by atoms with Crippen molar-refractivity contribution in [3.8, 4) is 0 Å². The van der Waals surface area contributed by atoms with Crippen LogP contribution in [0.4, 0.5) is 0 Å². The number of aliphatic hydroxyl groups is 1. The first-order chi connectivity index (χ1) is 8.49. The molecule has 2 unspecified atom stereocenters. The monoisotopic (exact) mass is 247 g/mol. The van der Waals surface area contributed by atoms with Crippen molar-refractivity contribution >= 4 is 0 Å². The van der Waals surface area contributed by atoms with Gasteiger partial charge in [-0.05, 0) is 57.7 Å². The van der Waals surface area contributed by atoms with Crippen LogP contribution in [0.2, 0.25) is 0 Å². The summed E-state index contributed by atoms with van der Waals surface area (Å²) in [6.07, 6.45) is 2.33. The number of aryl methyl sites for hydroxylation is 2. The Hall–Kier alpha value is -0.860. The van der Waals surface area contributed by atoms with Crippen molar-refractivity contribution in [1.82, 2.24) is 4.90 Å². The second-order valence-corrected chi connectivity index (χ2v) is 5.89. The topological polar surface area (TPSA) is 23.5 Å². The Labute approximate surface area is 111 Å². The van der Waals surface area contributed by atoms with Crippen molar-refractivity contribution in [3.63, 3.8) is 0 Å². The van der Waals surface area contributed by atoms with E-state index in [1.165, 1.54) is 24.0 Å². The minimum absolute atomic E-state index is 0.379. The highest BCUT2D eigenvalue weighted by molar-refractivity contribution is 5.32. The van der Waals surface area contributed by atoms with Gasteiger partial charge in [-0.1, -0.05) is 23.8 Å². The third kappa shape index (κ3) is 3.12. The van der Waals surface area contributed by atoms with E-state index >= 15 is 0 Å². The van der Waals surface area contributed by atoms with E-state index in [4.69, 9.17) is 0 Å². The Bertz CT molecular complexity index is 412. The Morgan fingerprint density at radius 3 is 2.61 bits per heavy atom. The van der Waals surface area contributed by atoms with Crippen LogP contribution in [0.1, 0.15) is 42.6 Å². The molecule has 0 spiro atoms. The van der Waals surface area contributed by atoms with Gasteiger partial charge in [-0.15, -0.1) is 0 Å². The first kappa shape index (κ1) is 13.6. The van der Waals surface area contributed by atoms with E-state index in [1.54, 1.807) is 0 Å². The van der Waals surface area contributed by atoms with E-state index in [9.17, 15) is 5.11 Å².